The van der Waals surface area contributed by atoms with Crippen molar-refractivity contribution in [1.82, 2.24) is 0 Å². The Hall–Kier alpha value is 1.85. The minimum absolute atomic E-state index is 0.927. The third-order valence-corrected chi connectivity index (χ3v) is 2.36. The van der Waals surface area contributed by atoms with E-state index in [1.54, 1.807) is 22.5 Å². The van der Waals surface area contributed by atoms with Gasteiger partial charge in [-0.15, -0.1) is 0 Å². The first kappa shape index (κ1) is 28.1. The second-order valence-corrected chi connectivity index (χ2v) is 6.77. The second-order valence-electron chi connectivity index (χ2n) is 3.53. The van der Waals surface area contributed by atoms with Crippen molar-refractivity contribution in [3.63, 3.8) is 0 Å². The molecule has 0 spiro atoms. The minimum atomic E-state index is 0.927. The van der Waals surface area contributed by atoms with Crippen LogP contribution in [0.4, 0.5) is 0 Å². The van der Waals surface area contributed by atoms with Crippen LogP contribution in [0.1, 0.15) is 66.2 Å². The zero-order valence-corrected chi connectivity index (χ0v) is 18.1. The third kappa shape index (κ3) is 82.3. The summed E-state index contributed by atoms with van der Waals surface area (Å²) < 4.78 is 1.34. The summed E-state index contributed by atoms with van der Waals surface area (Å²) in [6.45, 7) is 8.60. The summed E-state index contributed by atoms with van der Waals surface area (Å²) in [5.74, 6) is 2.78. The molecule has 0 aromatic carbocycles. The van der Waals surface area contributed by atoms with Gasteiger partial charge in [-0.3, -0.25) is 0 Å². The van der Waals surface area contributed by atoms with Crippen LogP contribution in [0, 0.1) is 0 Å². The van der Waals surface area contributed by atoms with Gasteiger partial charge in [-0.05, 0) is 0 Å². The topological polar surface area (TPSA) is 0 Å². The zero-order valence-electron chi connectivity index (χ0n) is 12.8. The van der Waals surface area contributed by atoms with Gasteiger partial charge in [0.25, 0.3) is 0 Å². The standard InChI is InChI=1S/3C4H10S.C2H5.Sn/c3*1-2-3-4-5;1-2;/h3*5H,2-4H2,1H3;1H2,2H3;/q;;;;+3/p-3. The molecule has 0 saturated carbocycles. The molecule has 0 N–H and O–H groups in total. The maximum absolute atomic E-state index is 4.65. The Morgan fingerprint density at radius 3 is 0.778 bits per heavy atom. The Balaban J connectivity index is -0.0000000739. The van der Waals surface area contributed by atoms with Crippen LogP contribution in [0.2, 0.25) is 4.44 Å². The van der Waals surface area contributed by atoms with E-state index < -0.39 is 0 Å². The van der Waals surface area contributed by atoms with Crippen LogP contribution in [0.25, 0.3) is 0 Å². The molecule has 0 bridgehead atoms. The molecule has 0 atom stereocenters. The second kappa shape index (κ2) is 42.8. The normalized spacial score (nSPS) is 8.06. The quantitative estimate of drug-likeness (QED) is 0.460. The molecular weight excluding hydrogens is 383 g/mol. The van der Waals surface area contributed by atoms with Crippen molar-refractivity contribution in [1.29, 1.82) is 0 Å². The molecule has 0 nitrogen and oxygen atoms in total. The Labute approximate surface area is 147 Å². The molecule has 0 amide bonds. The molecule has 0 aliphatic heterocycles. The molecule has 0 unspecified atom stereocenters. The Bertz CT molecular complexity index is 63.2. The molecule has 0 heterocycles. The first-order chi connectivity index (χ1) is 8.66. The van der Waals surface area contributed by atoms with E-state index in [4.69, 9.17) is 0 Å². The third-order valence-electron chi connectivity index (χ3n) is 1.49. The van der Waals surface area contributed by atoms with Gasteiger partial charge in [0.1, 0.15) is 0 Å². The van der Waals surface area contributed by atoms with Crippen LogP contribution in [0.5, 0.6) is 0 Å². The predicted octanol–water partition coefficient (Wildman–Crippen LogP) is 4.59. The summed E-state index contributed by atoms with van der Waals surface area (Å²) >= 11 is 15.6. The summed E-state index contributed by atoms with van der Waals surface area (Å²) in [5.41, 5.74) is 0. The number of unbranched alkanes of at least 4 members (excludes halogenated alkanes) is 3. The van der Waals surface area contributed by atoms with Crippen LogP contribution < -0.4 is 0 Å². The molecule has 0 saturated heterocycles. The van der Waals surface area contributed by atoms with Gasteiger partial charge in [-0.25, -0.2) is 0 Å². The van der Waals surface area contributed by atoms with E-state index in [2.05, 4.69) is 65.6 Å². The summed E-state index contributed by atoms with van der Waals surface area (Å²) in [7, 11) is 0. The Morgan fingerprint density at radius 2 is 0.778 bits per heavy atom. The van der Waals surface area contributed by atoms with Crippen molar-refractivity contribution in [2.45, 2.75) is 70.7 Å². The fourth-order valence-electron chi connectivity index (χ4n) is 0.433. The summed E-state index contributed by atoms with van der Waals surface area (Å²) in [6, 6.07) is 0. The molecule has 0 aliphatic rings. The van der Waals surface area contributed by atoms with Crippen LogP contribution in [0.15, 0.2) is 0 Å². The molecular formula is C14H32S3Sn. The van der Waals surface area contributed by atoms with Gasteiger partial charge in [0.2, 0.25) is 0 Å². The maximum atomic E-state index is 4.65. The van der Waals surface area contributed by atoms with Crippen LogP contribution in [-0.4, -0.2) is 39.8 Å². The molecule has 18 heavy (non-hydrogen) atoms. The van der Waals surface area contributed by atoms with Crippen LogP contribution >= 0.6 is 0 Å². The Morgan fingerprint density at radius 1 is 0.611 bits per heavy atom. The van der Waals surface area contributed by atoms with E-state index in [0.29, 0.717) is 0 Å². The molecule has 0 radical (unpaired) electrons. The SMILES string of the molecule is CCCC[S-].CCCC[S-].CCCC[S-].C[CH2][Sn+3]. The summed E-state index contributed by atoms with van der Waals surface area (Å²) in [6.07, 6.45) is 7.33. The van der Waals surface area contributed by atoms with Gasteiger partial charge >= 0.3 is 33.9 Å². The van der Waals surface area contributed by atoms with E-state index >= 15 is 0 Å². The van der Waals surface area contributed by atoms with Gasteiger partial charge in [0, 0.05) is 0 Å². The van der Waals surface area contributed by atoms with E-state index in [0.717, 1.165) is 17.3 Å². The van der Waals surface area contributed by atoms with Gasteiger partial charge in [-0.1, -0.05) is 59.3 Å². The van der Waals surface area contributed by atoms with Gasteiger partial charge < -0.3 is 37.9 Å². The molecule has 0 aromatic rings. The van der Waals surface area contributed by atoms with Crippen molar-refractivity contribution in [3.8, 4) is 0 Å². The molecule has 0 aliphatic carbocycles. The first-order valence-electron chi connectivity index (χ1n) is 7.05. The first-order valence-corrected chi connectivity index (χ1v) is 10.8. The van der Waals surface area contributed by atoms with Crippen molar-refractivity contribution in [3.05, 3.63) is 0 Å². The van der Waals surface area contributed by atoms with E-state index in [9.17, 15) is 0 Å². The average Bonchev–Trinajstić information content (AvgIpc) is 2.35. The van der Waals surface area contributed by atoms with Crippen LogP contribution in [-0.2, 0) is 37.9 Å². The zero-order chi connectivity index (χ0) is 15.1. The monoisotopic (exact) mass is 416 g/mol. The van der Waals surface area contributed by atoms with Crippen LogP contribution in [0.3, 0.4) is 0 Å². The van der Waals surface area contributed by atoms with E-state index in [1.807, 2.05) is 0 Å². The van der Waals surface area contributed by atoms with Crippen molar-refractivity contribution >= 4 is 60.4 Å². The van der Waals surface area contributed by atoms with Crippen molar-refractivity contribution in [2.24, 2.45) is 0 Å². The molecule has 4 heteroatoms. The molecule has 0 fully saturated rings. The van der Waals surface area contributed by atoms with E-state index in [1.165, 1.54) is 43.0 Å². The summed E-state index contributed by atoms with van der Waals surface area (Å²) in [5, 5.41) is 0. The van der Waals surface area contributed by atoms with Gasteiger partial charge in [0.15, 0.2) is 0 Å². The molecule has 0 rings (SSSR count). The Kier molecular flexibility index (Phi) is 66.7. The average molecular weight is 415 g/mol. The number of hydrogen-bond donors (Lipinski definition) is 0. The summed E-state index contributed by atoms with van der Waals surface area (Å²) in [4.78, 5) is 0. The fourth-order valence-corrected chi connectivity index (χ4v) is 1.30. The van der Waals surface area contributed by atoms with Gasteiger partial charge in [-0.2, -0.15) is 17.3 Å². The van der Waals surface area contributed by atoms with E-state index in [-0.39, 0.29) is 0 Å². The number of hydrogen-bond acceptors (Lipinski definition) is 3. The predicted molar refractivity (Wildman–Crippen MR) is 97.7 cm³/mol. The number of rotatable bonds is 6. The molecule has 0 aromatic heterocycles. The van der Waals surface area contributed by atoms with Crippen molar-refractivity contribution < 1.29 is 0 Å². The molecule has 110 valence electrons. The van der Waals surface area contributed by atoms with Crippen molar-refractivity contribution in [2.75, 3.05) is 17.3 Å². The fraction of sp³-hybridized carbons (Fsp3) is 1.00. The van der Waals surface area contributed by atoms with Gasteiger partial charge in [0.05, 0.1) is 0 Å².